The SMILES string of the molecule is O=[N+]([O-])c1ccc(C2=c3ccc([nH]3)=C(c3ccccc3)c3ccc([nH]3)C(c3ccccc3)=c3ccc([nH]3)=C(c3ccccc3)c3ccc2[nH]3)cc1. The van der Waals surface area contributed by atoms with Crippen molar-refractivity contribution >= 4 is 28.0 Å². The number of fused-ring (bicyclic) bond motifs is 8. The van der Waals surface area contributed by atoms with E-state index in [-0.39, 0.29) is 10.6 Å². The van der Waals surface area contributed by atoms with Crippen molar-refractivity contribution in [2.75, 3.05) is 0 Å². The van der Waals surface area contributed by atoms with Crippen LogP contribution >= 0.6 is 0 Å². The van der Waals surface area contributed by atoms with Gasteiger partial charge in [0.25, 0.3) is 5.69 Å². The van der Waals surface area contributed by atoms with Crippen LogP contribution in [0.1, 0.15) is 45.0 Å². The van der Waals surface area contributed by atoms with Crippen molar-refractivity contribution < 1.29 is 4.92 Å². The van der Waals surface area contributed by atoms with Gasteiger partial charge in [-0.15, -0.1) is 0 Å². The Kier molecular flexibility index (Phi) is 7.29. The molecule has 244 valence electrons. The smallest absolute Gasteiger partial charge is 0.269 e. The Balaban J connectivity index is 1.42. The molecule has 8 bridgehead atoms. The third-order valence-corrected chi connectivity index (χ3v) is 9.45. The van der Waals surface area contributed by atoms with Crippen LogP contribution in [-0.2, 0) is 0 Å². The molecule has 9 rings (SSSR count). The molecule has 0 unspecified atom stereocenters. The second kappa shape index (κ2) is 12.4. The van der Waals surface area contributed by atoms with Gasteiger partial charge < -0.3 is 19.9 Å². The summed E-state index contributed by atoms with van der Waals surface area (Å²) in [6.45, 7) is 0. The monoisotopic (exact) mass is 661 g/mol. The minimum absolute atomic E-state index is 0.0445. The van der Waals surface area contributed by atoms with Crippen molar-refractivity contribution in [3.63, 3.8) is 0 Å². The predicted molar refractivity (Wildman–Crippen MR) is 201 cm³/mol. The summed E-state index contributed by atoms with van der Waals surface area (Å²) < 4.78 is 0. The first-order chi connectivity index (χ1) is 25.1. The molecule has 4 aromatic carbocycles. The maximum atomic E-state index is 11.6. The van der Waals surface area contributed by atoms with Crippen LogP contribution in [0.15, 0.2) is 164 Å². The van der Waals surface area contributed by atoms with Gasteiger partial charge in [-0.2, -0.15) is 0 Å². The van der Waals surface area contributed by atoms with E-state index in [9.17, 15) is 10.1 Å². The van der Waals surface area contributed by atoms with Gasteiger partial charge >= 0.3 is 0 Å². The van der Waals surface area contributed by atoms with E-state index in [1.807, 2.05) is 54.6 Å². The van der Waals surface area contributed by atoms with Crippen molar-refractivity contribution in [1.29, 1.82) is 0 Å². The number of hydrogen-bond acceptors (Lipinski definition) is 2. The van der Waals surface area contributed by atoms with Gasteiger partial charge in [-0.05, 0) is 82.9 Å². The molecule has 0 amide bonds. The molecule has 5 heterocycles. The van der Waals surface area contributed by atoms with Gasteiger partial charge in [0.05, 0.1) is 4.92 Å². The molecular formula is C44H31N5O2. The molecule has 0 saturated heterocycles. The fraction of sp³-hybridized carbons (Fsp3) is 0. The number of aromatic nitrogens is 4. The van der Waals surface area contributed by atoms with Crippen molar-refractivity contribution in [3.05, 3.63) is 240 Å². The van der Waals surface area contributed by atoms with E-state index in [4.69, 9.17) is 0 Å². The third kappa shape index (κ3) is 5.43. The van der Waals surface area contributed by atoms with Crippen LogP contribution in [-0.4, -0.2) is 24.9 Å². The summed E-state index contributed by atoms with van der Waals surface area (Å²) in [5.74, 6) is 0. The molecular weight excluding hydrogens is 631 g/mol. The summed E-state index contributed by atoms with van der Waals surface area (Å²) in [4.78, 5) is 26.3. The Labute approximate surface area is 292 Å². The van der Waals surface area contributed by atoms with Crippen molar-refractivity contribution in [3.8, 4) is 0 Å². The van der Waals surface area contributed by atoms with Crippen LogP contribution in [0.25, 0.3) is 22.3 Å². The van der Waals surface area contributed by atoms with Gasteiger partial charge in [0, 0.05) is 78.6 Å². The molecule has 51 heavy (non-hydrogen) atoms. The second-order valence-electron chi connectivity index (χ2n) is 12.5. The first kappa shape index (κ1) is 30.0. The quantitative estimate of drug-likeness (QED) is 0.130. The first-order valence-corrected chi connectivity index (χ1v) is 16.8. The zero-order valence-corrected chi connectivity index (χ0v) is 27.4. The highest BCUT2D eigenvalue weighted by Crippen LogP contribution is 2.28. The number of non-ortho nitro benzene ring substituents is 1. The fourth-order valence-electron chi connectivity index (χ4n) is 7.14. The molecule has 7 nitrogen and oxygen atoms in total. The fourth-order valence-corrected chi connectivity index (χ4v) is 7.14. The van der Waals surface area contributed by atoms with E-state index in [1.165, 1.54) is 0 Å². The highest BCUT2D eigenvalue weighted by molar-refractivity contribution is 5.84. The van der Waals surface area contributed by atoms with Gasteiger partial charge in [0.1, 0.15) is 0 Å². The standard InChI is InChI=1S/C44H31N5O2/c50-49(51)32-18-16-31(17-19-32)44-39-26-24-37(47-39)42(29-12-6-2-7-13-29)35-22-20-33(45-35)41(28-10-4-1-5-11-28)34-21-23-36(46-34)43(30-14-8-3-9-15-30)38-25-27-40(44)48-38/h1-27,45-48H. The third-order valence-electron chi connectivity index (χ3n) is 9.45. The average Bonchev–Trinajstić information content (AvgIpc) is 4.01. The molecule has 0 atom stereocenters. The Morgan fingerprint density at radius 3 is 0.922 bits per heavy atom. The Morgan fingerprint density at radius 2 is 0.627 bits per heavy atom. The van der Waals surface area contributed by atoms with E-state index in [0.29, 0.717) is 0 Å². The van der Waals surface area contributed by atoms with E-state index in [0.717, 1.165) is 88.7 Å². The van der Waals surface area contributed by atoms with Gasteiger partial charge in [0.2, 0.25) is 0 Å². The Hall–Kier alpha value is -7.12. The number of benzene rings is 4. The van der Waals surface area contributed by atoms with Crippen LogP contribution in [0.4, 0.5) is 5.69 Å². The molecule has 7 heteroatoms. The van der Waals surface area contributed by atoms with Crippen molar-refractivity contribution in [1.82, 2.24) is 19.9 Å². The molecule has 0 radical (unpaired) electrons. The molecule has 1 aliphatic heterocycles. The summed E-state index contributed by atoms with van der Waals surface area (Å²) in [6.07, 6.45) is 0. The lowest BCUT2D eigenvalue weighted by atomic mass is 10.0. The predicted octanol–water partition coefficient (Wildman–Crippen LogP) is 6.21. The summed E-state index contributed by atoms with van der Waals surface area (Å²) in [7, 11) is 0. The minimum Gasteiger partial charge on any atom is -0.354 e. The minimum atomic E-state index is -0.370. The lowest BCUT2D eigenvalue weighted by Gasteiger charge is -2.09. The largest absolute Gasteiger partial charge is 0.354 e. The lowest BCUT2D eigenvalue weighted by molar-refractivity contribution is -0.384. The number of hydrogen-bond donors (Lipinski definition) is 4. The molecule has 0 aliphatic carbocycles. The number of nitrogens with one attached hydrogen (secondary N) is 4. The van der Waals surface area contributed by atoms with Gasteiger partial charge in [-0.1, -0.05) is 91.0 Å². The van der Waals surface area contributed by atoms with Crippen molar-refractivity contribution in [2.45, 2.75) is 0 Å². The van der Waals surface area contributed by atoms with Crippen LogP contribution in [0, 0.1) is 10.1 Å². The van der Waals surface area contributed by atoms with Crippen LogP contribution in [0.5, 0.6) is 0 Å². The summed E-state index contributed by atoms with van der Waals surface area (Å²) in [5, 5.41) is 15.3. The zero-order valence-electron chi connectivity index (χ0n) is 27.4. The molecule has 8 aromatic rings. The highest BCUT2D eigenvalue weighted by atomic mass is 16.6. The topological polar surface area (TPSA) is 106 Å². The van der Waals surface area contributed by atoms with E-state index in [2.05, 4.69) is 117 Å². The second-order valence-corrected chi connectivity index (χ2v) is 12.5. The molecule has 4 N–H and O–H groups in total. The first-order valence-electron chi connectivity index (χ1n) is 16.8. The zero-order chi connectivity index (χ0) is 34.3. The normalized spacial score (nSPS) is 12.7. The maximum absolute atomic E-state index is 11.6. The number of nitro groups is 1. The number of rotatable bonds is 5. The van der Waals surface area contributed by atoms with E-state index in [1.54, 1.807) is 12.1 Å². The molecule has 0 fully saturated rings. The number of nitro benzene ring substituents is 1. The van der Waals surface area contributed by atoms with Crippen molar-refractivity contribution in [2.24, 2.45) is 0 Å². The van der Waals surface area contributed by atoms with Crippen LogP contribution in [0.3, 0.4) is 0 Å². The Bertz CT molecular complexity index is 2800. The van der Waals surface area contributed by atoms with E-state index < -0.39 is 0 Å². The Morgan fingerprint density at radius 1 is 0.333 bits per heavy atom. The number of aromatic amines is 4. The number of nitrogens with zero attached hydrogens (tertiary/aromatic N) is 1. The summed E-state index contributed by atoms with van der Waals surface area (Å²) in [5.41, 5.74) is 11.9. The molecule has 1 aliphatic rings. The lowest BCUT2D eigenvalue weighted by Crippen LogP contribution is -2.19. The van der Waals surface area contributed by atoms with Gasteiger partial charge in [0.15, 0.2) is 0 Å². The van der Waals surface area contributed by atoms with Crippen LogP contribution in [0.2, 0.25) is 0 Å². The highest BCUT2D eigenvalue weighted by Gasteiger charge is 2.18. The van der Waals surface area contributed by atoms with Gasteiger partial charge in [-0.3, -0.25) is 10.1 Å². The van der Waals surface area contributed by atoms with Gasteiger partial charge in [-0.25, -0.2) is 0 Å². The van der Waals surface area contributed by atoms with Crippen LogP contribution < -0.4 is 21.4 Å². The number of H-pyrrole nitrogens is 4. The molecule has 4 aromatic heterocycles. The summed E-state index contributed by atoms with van der Waals surface area (Å²) >= 11 is 0. The van der Waals surface area contributed by atoms with E-state index >= 15 is 0 Å². The average molecular weight is 662 g/mol. The maximum Gasteiger partial charge on any atom is 0.269 e. The molecule has 0 saturated carbocycles. The molecule has 0 spiro atoms. The summed E-state index contributed by atoms with van der Waals surface area (Å²) in [6, 6.07) is 54.8.